The van der Waals surface area contributed by atoms with Gasteiger partial charge >= 0.3 is 18.4 Å². The third kappa shape index (κ3) is 7.03. The van der Waals surface area contributed by atoms with Crippen LogP contribution in [0.2, 0.25) is 0 Å². The van der Waals surface area contributed by atoms with Crippen molar-refractivity contribution in [1.82, 2.24) is 10.2 Å². The minimum absolute atomic E-state index is 0.0187. The Morgan fingerprint density at radius 2 is 1.77 bits per heavy atom. The molecule has 4 rings (SSSR count). The maximum absolute atomic E-state index is 13.5. The van der Waals surface area contributed by atoms with Crippen LogP contribution in [0.3, 0.4) is 0 Å². The molecule has 1 heterocycles. The molecule has 2 aliphatic rings. The minimum Gasteiger partial charge on any atom is -0.507 e. The first-order chi connectivity index (χ1) is 20.4. The Morgan fingerprint density at radius 1 is 1.14 bits per heavy atom. The van der Waals surface area contributed by atoms with Crippen molar-refractivity contribution in [2.24, 2.45) is 10.4 Å². The number of nitrogens with zero attached hydrogens (tertiary/aromatic N) is 3. The average molecular weight is 624 g/mol. The van der Waals surface area contributed by atoms with E-state index in [9.17, 15) is 36.2 Å². The second-order valence-corrected chi connectivity index (χ2v) is 11.6. The summed E-state index contributed by atoms with van der Waals surface area (Å²) in [7, 11) is 1.48. The van der Waals surface area contributed by atoms with Crippen LogP contribution in [0.5, 0.6) is 5.75 Å². The fraction of sp³-hybridized carbons (Fsp3) is 0.433. The number of allylic oxidation sites excluding steroid dienone is 1. The van der Waals surface area contributed by atoms with Crippen LogP contribution in [-0.4, -0.2) is 41.7 Å². The molecule has 2 aromatic carbocycles. The lowest BCUT2D eigenvalue weighted by molar-refractivity contribution is -0.143. The number of aliphatic imine (C=N–C) groups is 1. The van der Waals surface area contributed by atoms with E-state index in [2.05, 4.69) is 15.6 Å². The number of aromatic hydroxyl groups is 1. The number of carbonyl (C=O) groups excluding carboxylic acids is 1. The number of nitriles is 1. The molecule has 0 radical (unpaired) electrons. The lowest BCUT2D eigenvalue weighted by atomic mass is 9.72. The lowest BCUT2D eigenvalue weighted by Crippen LogP contribution is -2.35. The highest BCUT2D eigenvalue weighted by Gasteiger charge is 2.44. The second-order valence-electron chi connectivity index (χ2n) is 11.6. The van der Waals surface area contributed by atoms with Crippen molar-refractivity contribution in [1.29, 1.82) is 5.26 Å². The molecule has 0 bridgehead atoms. The molecule has 236 valence electrons. The van der Waals surface area contributed by atoms with Crippen LogP contribution in [-0.2, 0) is 17.1 Å². The van der Waals surface area contributed by atoms with Gasteiger partial charge in [-0.1, -0.05) is 13.8 Å². The highest BCUT2D eigenvalue weighted by atomic mass is 19.4. The van der Waals surface area contributed by atoms with Gasteiger partial charge in [-0.15, -0.1) is 0 Å². The van der Waals surface area contributed by atoms with Crippen molar-refractivity contribution in [2.75, 3.05) is 18.9 Å². The van der Waals surface area contributed by atoms with E-state index in [4.69, 9.17) is 10.00 Å². The average Bonchev–Trinajstić information content (AvgIpc) is 3.21. The van der Waals surface area contributed by atoms with E-state index in [1.165, 1.54) is 24.9 Å². The summed E-state index contributed by atoms with van der Waals surface area (Å²) in [4.78, 5) is 18.3. The van der Waals surface area contributed by atoms with Crippen molar-refractivity contribution in [2.45, 2.75) is 64.5 Å². The number of benzene rings is 2. The summed E-state index contributed by atoms with van der Waals surface area (Å²) in [5, 5.41) is 25.1. The number of nitrogens with one attached hydrogen (secondary N) is 2. The molecule has 0 aromatic heterocycles. The fourth-order valence-electron chi connectivity index (χ4n) is 5.59. The SMILES string of the molecule is CN=C(NC#N)Nc1ccc(O)c(C2=C(CN3C(=O)O[C@H](c4cc(C(F)(F)F)cc(C(F)(F)F)c4)[C@@H]3C)CC(C)(C)CC2)c1. The fourth-order valence-corrected chi connectivity index (χ4v) is 5.59. The summed E-state index contributed by atoms with van der Waals surface area (Å²) in [6.45, 7) is 5.56. The van der Waals surface area contributed by atoms with E-state index < -0.39 is 47.3 Å². The summed E-state index contributed by atoms with van der Waals surface area (Å²) in [6, 6.07) is 5.00. The number of rotatable bonds is 5. The third-order valence-corrected chi connectivity index (χ3v) is 7.84. The van der Waals surface area contributed by atoms with E-state index in [1.807, 2.05) is 13.8 Å². The van der Waals surface area contributed by atoms with E-state index in [0.717, 1.165) is 17.6 Å². The Labute approximate surface area is 250 Å². The number of amides is 1. The Balaban J connectivity index is 1.71. The second kappa shape index (κ2) is 11.9. The Kier molecular flexibility index (Phi) is 8.82. The van der Waals surface area contributed by atoms with Gasteiger partial charge in [0.05, 0.1) is 17.2 Å². The first-order valence-electron chi connectivity index (χ1n) is 13.6. The number of hydrogen-bond acceptors (Lipinski definition) is 5. The van der Waals surface area contributed by atoms with Gasteiger partial charge in [0.25, 0.3) is 0 Å². The minimum atomic E-state index is -5.05. The normalized spacial score (nSPS) is 20.8. The van der Waals surface area contributed by atoms with Crippen LogP contribution >= 0.6 is 0 Å². The predicted octanol–water partition coefficient (Wildman–Crippen LogP) is 7.44. The van der Waals surface area contributed by atoms with Gasteiger partial charge in [0.1, 0.15) is 11.9 Å². The number of anilines is 1. The zero-order valence-corrected chi connectivity index (χ0v) is 24.3. The number of cyclic esters (lactones) is 1. The topological polar surface area (TPSA) is 110 Å². The van der Waals surface area contributed by atoms with Crippen molar-refractivity contribution >= 4 is 23.3 Å². The molecule has 3 N–H and O–H groups in total. The third-order valence-electron chi connectivity index (χ3n) is 7.84. The maximum atomic E-state index is 13.5. The van der Waals surface area contributed by atoms with Gasteiger partial charge < -0.3 is 15.2 Å². The summed E-state index contributed by atoms with van der Waals surface area (Å²) in [5.41, 5.74) is -1.11. The van der Waals surface area contributed by atoms with Crippen molar-refractivity contribution in [3.05, 3.63) is 64.2 Å². The molecule has 1 fully saturated rings. The highest BCUT2D eigenvalue weighted by Crippen LogP contribution is 2.46. The van der Waals surface area contributed by atoms with Gasteiger partial charge in [-0.3, -0.25) is 15.2 Å². The van der Waals surface area contributed by atoms with E-state index in [1.54, 1.807) is 18.3 Å². The van der Waals surface area contributed by atoms with E-state index >= 15 is 0 Å². The molecule has 1 aliphatic heterocycles. The molecule has 0 saturated carbocycles. The summed E-state index contributed by atoms with van der Waals surface area (Å²) < 4.78 is 86.4. The molecular weight excluding hydrogens is 592 g/mol. The number of carbonyl (C=O) groups is 1. The Bertz CT molecular complexity index is 1510. The van der Waals surface area contributed by atoms with Crippen molar-refractivity contribution < 1.29 is 41.0 Å². The molecule has 0 unspecified atom stereocenters. The molecule has 2 aromatic rings. The number of alkyl halides is 6. The van der Waals surface area contributed by atoms with Gasteiger partial charge in [-0.25, -0.2) is 4.79 Å². The predicted molar refractivity (Wildman–Crippen MR) is 150 cm³/mol. The van der Waals surface area contributed by atoms with E-state index in [-0.39, 0.29) is 29.7 Å². The molecule has 8 nitrogen and oxygen atoms in total. The van der Waals surface area contributed by atoms with Crippen molar-refractivity contribution in [3.63, 3.8) is 0 Å². The molecule has 1 saturated heterocycles. The van der Waals surface area contributed by atoms with Gasteiger partial charge in [0, 0.05) is 24.8 Å². The summed E-state index contributed by atoms with van der Waals surface area (Å²) in [5.74, 6) is 0.135. The first-order valence-corrected chi connectivity index (χ1v) is 13.6. The smallest absolute Gasteiger partial charge is 0.416 e. The number of ether oxygens (including phenoxy) is 1. The zero-order chi connectivity index (χ0) is 32.6. The molecule has 2 atom stereocenters. The van der Waals surface area contributed by atoms with Crippen LogP contribution in [0.15, 0.2) is 47.0 Å². The van der Waals surface area contributed by atoms with Crippen molar-refractivity contribution in [3.8, 4) is 11.9 Å². The van der Waals surface area contributed by atoms with Gasteiger partial charge in [0.15, 0.2) is 6.19 Å². The largest absolute Gasteiger partial charge is 0.507 e. The van der Waals surface area contributed by atoms with Gasteiger partial charge in [-0.05, 0) is 84.7 Å². The van der Waals surface area contributed by atoms with Crippen LogP contribution in [0.1, 0.15) is 68.4 Å². The summed E-state index contributed by atoms with van der Waals surface area (Å²) in [6.07, 6.45) is -8.82. The van der Waals surface area contributed by atoms with E-state index in [0.29, 0.717) is 36.2 Å². The first kappa shape index (κ1) is 32.5. The summed E-state index contributed by atoms with van der Waals surface area (Å²) >= 11 is 0. The van der Waals surface area contributed by atoms with Gasteiger partial charge in [0.2, 0.25) is 5.96 Å². The highest BCUT2D eigenvalue weighted by molar-refractivity contribution is 5.95. The Hall–Kier alpha value is -4.41. The van der Waals surface area contributed by atoms with Crippen LogP contribution in [0.25, 0.3) is 5.57 Å². The van der Waals surface area contributed by atoms with Crippen LogP contribution in [0, 0.1) is 16.9 Å². The Morgan fingerprint density at radius 3 is 2.34 bits per heavy atom. The van der Waals surface area contributed by atoms with Crippen LogP contribution < -0.4 is 10.6 Å². The number of phenols is 1. The quantitative estimate of drug-likeness (QED) is 0.0798. The number of halogens is 6. The zero-order valence-electron chi connectivity index (χ0n) is 24.3. The number of phenolic OH excluding ortho intramolecular Hbond substituents is 1. The number of guanidine groups is 1. The lowest BCUT2D eigenvalue weighted by Gasteiger charge is -2.35. The molecule has 14 heteroatoms. The maximum Gasteiger partial charge on any atom is 0.416 e. The van der Waals surface area contributed by atoms with Crippen LogP contribution in [0.4, 0.5) is 36.8 Å². The molecular formula is C30H31F6N5O3. The van der Waals surface area contributed by atoms with Gasteiger partial charge in [-0.2, -0.15) is 31.6 Å². The standard InChI is InChI=1S/C30H31F6N5O3/c1-16-25(17-9-19(29(31,32)33)11-20(10-17)30(34,35)36)44-27(43)41(16)14-18-13-28(2,3)8-7-22(18)23-12-21(5-6-24(23)42)40-26(38-4)39-15-37/h5-6,9-12,16,25,42H,7-8,13-14H2,1-4H3,(H2,38,39,40)/t16-,25-/m0/s1. The molecule has 0 spiro atoms. The molecule has 44 heavy (non-hydrogen) atoms. The molecule has 1 amide bonds. The number of hydrogen-bond donors (Lipinski definition) is 3. The monoisotopic (exact) mass is 623 g/mol. The molecule has 1 aliphatic carbocycles.